The van der Waals surface area contributed by atoms with Crippen LogP contribution in [-0.2, 0) is 0 Å². The molecule has 2 nitrogen and oxygen atoms in total. The molecule has 0 bridgehead atoms. The Morgan fingerprint density at radius 3 is 0.857 bits per heavy atom. The quantitative estimate of drug-likeness (QED) is 0.225. The molecule has 0 saturated heterocycles. The van der Waals surface area contributed by atoms with Gasteiger partial charge < -0.3 is 0 Å². The van der Waals surface area contributed by atoms with Crippen LogP contribution in [0.4, 0.5) is 0 Å². The number of fused-ring (bicyclic) bond motifs is 3. The van der Waals surface area contributed by atoms with E-state index in [0.29, 0.717) is 21.9 Å². The van der Waals surface area contributed by atoms with Crippen LogP contribution in [0.5, 0.6) is 0 Å². The van der Waals surface area contributed by atoms with Crippen LogP contribution in [0.3, 0.4) is 0 Å². The van der Waals surface area contributed by atoms with Gasteiger partial charge in [-0.15, -0.1) is 0 Å². The van der Waals surface area contributed by atoms with Crippen LogP contribution in [0.1, 0.15) is 0 Å². The second-order valence-electron chi connectivity index (χ2n) is 10.8. The van der Waals surface area contributed by atoms with E-state index in [1.54, 1.807) is 0 Å². The molecule has 0 aliphatic carbocycles. The topological polar surface area (TPSA) is 34.1 Å². The van der Waals surface area contributed by atoms with Crippen molar-refractivity contribution < 1.29 is 0 Å². The van der Waals surface area contributed by atoms with E-state index in [9.17, 15) is 9.59 Å². The molecule has 0 N–H and O–H groups in total. The van der Waals surface area contributed by atoms with Crippen LogP contribution in [0.25, 0.3) is 76.8 Å². The van der Waals surface area contributed by atoms with Gasteiger partial charge in [-0.3, -0.25) is 9.59 Å². The monoisotopic (exact) mass is 536 g/mol. The zero-order valence-corrected chi connectivity index (χ0v) is 22.7. The first-order valence-corrected chi connectivity index (χ1v) is 14.1. The molecule has 8 aromatic rings. The number of hydrogen-bond acceptors (Lipinski definition) is 2. The van der Waals surface area contributed by atoms with E-state index in [1.807, 2.05) is 109 Å². The SMILES string of the molecule is O=c1c(-c2ccccc2)c(-c2ccccc2)c2cc3cc4c(-c5ccccc5)c(-c5ccccc5)c(=O)c4cc3cc12. The van der Waals surface area contributed by atoms with Crippen molar-refractivity contribution >= 4 is 32.3 Å². The van der Waals surface area contributed by atoms with Gasteiger partial charge in [-0.25, -0.2) is 0 Å². The first kappa shape index (κ1) is 24.2. The molecule has 0 atom stereocenters. The van der Waals surface area contributed by atoms with Gasteiger partial charge in [0.25, 0.3) is 0 Å². The first-order valence-electron chi connectivity index (χ1n) is 14.1. The van der Waals surface area contributed by atoms with Crippen LogP contribution in [0.15, 0.2) is 155 Å². The van der Waals surface area contributed by atoms with Gasteiger partial charge in [0.15, 0.2) is 10.9 Å². The predicted octanol–water partition coefficient (Wildman–Crippen LogP) is 9.41. The third kappa shape index (κ3) is 3.66. The Labute approximate surface area is 242 Å². The summed E-state index contributed by atoms with van der Waals surface area (Å²) in [6, 6.07) is 48.3. The molecular formula is C40H24O2. The van der Waals surface area contributed by atoms with Gasteiger partial charge in [0.2, 0.25) is 0 Å². The maximum absolute atomic E-state index is 14.1. The van der Waals surface area contributed by atoms with Gasteiger partial charge in [0.05, 0.1) is 0 Å². The number of benzene rings is 6. The summed E-state index contributed by atoms with van der Waals surface area (Å²) in [6.07, 6.45) is 0. The average Bonchev–Trinajstić information content (AvgIpc) is 3.50. The summed E-state index contributed by atoms with van der Waals surface area (Å²) in [5.41, 5.74) is 7.17. The zero-order valence-electron chi connectivity index (χ0n) is 22.7. The van der Waals surface area contributed by atoms with Crippen molar-refractivity contribution in [1.82, 2.24) is 0 Å². The molecule has 0 radical (unpaired) electrons. The molecule has 0 unspecified atom stereocenters. The Bertz CT molecular complexity index is 2180. The highest BCUT2D eigenvalue weighted by Gasteiger charge is 2.23. The summed E-state index contributed by atoms with van der Waals surface area (Å²) >= 11 is 0. The van der Waals surface area contributed by atoms with Gasteiger partial charge in [0, 0.05) is 33.0 Å². The van der Waals surface area contributed by atoms with Gasteiger partial charge >= 0.3 is 0 Å². The van der Waals surface area contributed by atoms with Gasteiger partial charge in [-0.2, -0.15) is 0 Å². The fourth-order valence-corrected chi connectivity index (χ4v) is 6.47. The minimum absolute atomic E-state index is 0.0110. The third-order valence-corrected chi connectivity index (χ3v) is 8.34. The van der Waals surface area contributed by atoms with Crippen LogP contribution in [0, 0.1) is 0 Å². The van der Waals surface area contributed by atoms with E-state index in [2.05, 4.69) is 36.4 Å². The average molecular weight is 537 g/mol. The molecule has 0 spiro atoms. The lowest BCUT2D eigenvalue weighted by Gasteiger charge is -2.08. The number of rotatable bonds is 4. The van der Waals surface area contributed by atoms with Crippen molar-refractivity contribution in [3.63, 3.8) is 0 Å². The molecular weight excluding hydrogens is 512 g/mol. The molecule has 0 heterocycles. The minimum Gasteiger partial charge on any atom is -0.289 e. The molecule has 0 aromatic heterocycles. The number of hydrogen-bond donors (Lipinski definition) is 0. The highest BCUT2D eigenvalue weighted by Crippen LogP contribution is 2.42. The Hall–Kier alpha value is -5.60. The summed E-state index contributed by atoms with van der Waals surface area (Å²) in [5.74, 6) is 0. The molecule has 0 aliphatic heterocycles. The predicted molar refractivity (Wildman–Crippen MR) is 176 cm³/mol. The molecule has 0 amide bonds. The fourth-order valence-electron chi connectivity index (χ4n) is 6.47. The largest absolute Gasteiger partial charge is 0.289 e. The van der Waals surface area contributed by atoms with Crippen molar-refractivity contribution in [2.24, 2.45) is 0 Å². The lowest BCUT2D eigenvalue weighted by Crippen LogP contribution is -1.99. The van der Waals surface area contributed by atoms with Crippen LogP contribution >= 0.6 is 0 Å². The van der Waals surface area contributed by atoms with Gasteiger partial charge in [-0.1, -0.05) is 121 Å². The van der Waals surface area contributed by atoms with Crippen LogP contribution in [0.2, 0.25) is 0 Å². The normalized spacial score (nSPS) is 11.5. The summed E-state index contributed by atoms with van der Waals surface area (Å²) < 4.78 is 0. The molecule has 8 rings (SSSR count). The molecule has 0 fully saturated rings. The molecule has 42 heavy (non-hydrogen) atoms. The standard InChI is InChI=1S/C40H24O2/c41-39-33-23-30-24-34-32(36(26-15-7-2-8-16-26)38(40(34)42)28-19-11-4-12-20-28)22-29(30)21-31(33)35(25-13-5-1-6-14-25)37(39)27-17-9-3-10-18-27/h1-24H. The highest BCUT2D eigenvalue weighted by atomic mass is 16.1. The van der Waals surface area contributed by atoms with Gasteiger partial charge in [-0.05, 0) is 68.1 Å². The summed E-state index contributed by atoms with van der Waals surface area (Å²) in [7, 11) is 0. The Kier molecular flexibility index (Phi) is 5.48. The Balaban J connectivity index is 1.49. The van der Waals surface area contributed by atoms with Crippen molar-refractivity contribution in [3.05, 3.63) is 166 Å². The Morgan fingerprint density at radius 1 is 0.286 bits per heavy atom. The van der Waals surface area contributed by atoms with E-state index in [4.69, 9.17) is 0 Å². The van der Waals surface area contributed by atoms with E-state index in [0.717, 1.165) is 54.9 Å². The maximum atomic E-state index is 14.1. The second kappa shape index (κ2) is 9.50. The molecule has 196 valence electrons. The second-order valence-corrected chi connectivity index (χ2v) is 10.8. The van der Waals surface area contributed by atoms with Gasteiger partial charge in [0.1, 0.15) is 0 Å². The Morgan fingerprint density at radius 2 is 0.548 bits per heavy atom. The minimum atomic E-state index is 0.0110. The van der Waals surface area contributed by atoms with E-state index >= 15 is 0 Å². The summed E-state index contributed by atoms with van der Waals surface area (Å²) in [4.78, 5) is 28.1. The molecule has 0 saturated carbocycles. The molecule has 2 heteroatoms. The maximum Gasteiger partial charge on any atom is 0.194 e. The lowest BCUT2D eigenvalue weighted by molar-refractivity contribution is 1.62. The highest BCUT2D eigenvalue weighted by molar-refractivity contribution is 6.17. The van der Waals surface area contributed by atoms with E-state index in [-0.39, 0.29) is 10.9 Å². The third-order valence-electron chi connectivity index (χ3n) is 8.34. The van der Waals surface area contributed by atoms with Crippen LogP contribution < -0.4 is 10.9 Å². The van der Waals surface area contributed by atoms with Crippen molar-refractivity contribution in [2.75, 3.05) is 0 Å². The van der Waals surface area contributed by atoms with E-state index in [1.165, 1.54) is 0 Å². The summed E-state index contributed by atoms with van der Waals surface area (Å²) in [6.45, 7) is 0. The van der Waals surface area contributed by atoms with E-state index < -0.39 is 0 Å². The summed E-state index contributed by atoms with van der Waals surface area (Å²) in [5, 5.41) is 5.08. The zero-order chi connectivity index (χ0) is 28.2. The molecule has 8 aromatic carbocycles. The van der Waals surface area contributed by atoms with Crippen LogP contribution in [-0.4, -0.2) is 0 Å². The first-order chi connectivity index (χ1) is 20.7. The van der Waals surface area contributed by atoms with Crippen molar-refractivity contribution in [3.8, 4) is 44.5 Å². The molecule has 0 aliphatic rings. The van der Waals surface area contributed by atoms with Crippen molar-refractivity contribution in [2.45, 2.75) is 0 Å². The smallest absolute Gasteiger partial charge is 0.194 e. The van der Waals surface area contributed by atoms with Crippen molar-refractivity contribution in [1.29, 1.82) is 0 Å². The lowest BCUT2D eigenvalue weighted by atomic mass is 9.95. The fraction of sp³-hybridized carbons (Fsp3) is 0.